The highest BCUT2D eigenvalue weighted by Gasteiger charge is 2.17. The molecule has 0 saturated carbocycles. The van der Waals surface area contributed by atoms with Crippen LogP contribution in [-0.4, -0.2) is 47.9 Å². The molecule has 0 N–H and O–H groups in total. The summed E-state index contributed by atoms with van der Waals surface area (Å²) in [5.74, 6) is -0.110. The van der Waals surface area contributed by atoms with E-state index in [-0.39, 0.29) is 5.82 Å². The van der Waals surface area contributed by atoms with Crippen molar-refractivity contribution in [3.63, 3.8) is 0 Å². The molecule has 0 atom stereocenters. The average Bonchev–Trinajstić information content (AvgIpc) is 2.37. The van der Waals surface area contributed by atoms with Crippen LogP contribution in [0, 0.1) is 5.82 Å². The van der Waals surface area contributed by atoms with E-state index in [9.17, 15) is 4.39 Å². The first-order valence-electron chi connectivity index (χ1n) is 6.13. The first kappa shape index (κ1) is 14.4. The van der Waals surface area contributed by atoms with Crippen molar-refractivity contribution in [1.82, 2.24) is 9.80 Å². The minimum absolute atomic E-state index is 0.110. The number of nitrogens with zero attached hydrogens (tertiary/aromatic N) is 2. The summed E-state index contributed by atoms with van der Waals surface area (Å²) in [5, 5.41) is 1.02. The van der Waals surface area contributed by atoms with Crippen molar-refractivity contribution in [2.75, 3.05) is 38.1 Å². The Morgan fingerprint density at radius 1 is 1.11 bits per heavy atom. The zero-order valence-electron chi connectivity index (χ0n) is 10.2. The second kappa shape index (κ2) is 6.98. The van der Waals surface area contributed by atoms with Gasteiger partial charge in [-0.1, -0.05) is 31.9 Å². The Balaban J connectivity index is 1.89. The van der Waals surface area contributed by atoms with Crippen LogP contribution in [-0.2, 0) is 6.54 Å². The number of alkyl halides is 1. The van der Waals surface area contributed by atoms with Gasteiger partial charge in [0.1, 0.15) is 5.82 Å². The number of hydrogen-bond acceptors (Lipinski definition) is 2. The minimum Gasteiger partial charge on any atom is -0.300 e. The van der Waals surface area contributed by atoms with Gasteiger partial charge in [0, 0.05) is 54.6 Å². The van der Waals surface area contributed by atoms with Crippen LogP contribution in [0.4, 0.5) is 4.39 Å². The summed E-state index contributed by atoms with van der Waals surface area (Å²) in [7, 11) is 0. The molecule has 1 aliphatic rings. The molecule has 2 rings (SSSR count). The van der Waals surface area contributed by atoms with Gasteiger partial charge < -0.3 is 0 Å². The van der Waals surface area contributed by atoms with E-state index in [1.807, 2.05) is 6.07 Å². The van der Waals surface area contributed by atoms with Gasteiger partial charge in [-0.05, 0) is 18.2 Å². The molecule has 1 aromatic rings. The fourth-order valence-corrected chi connectivity index (χ4v) is 3.11. The van der Waals surface area contributed by atoms with Crippen molar-refractivity contribution in [2.24, 2.45) is 0 Å². The SMILES string of the molecule is Fc1ccc(Br)cc1CN1CCN(CCBr)CC1. The summed E-state index contributed by atoms with van der Waals surface area (Å²) in [5.41, 5.74) is 0.776. The highest BCUT2D eigenvalue weighted by Crippen LogP contribution is 2.18. The van der Waals surface area contributed by atoms with Crippen LogP contribution in [0.25, 0.3) is 0 Å². The van der Waals surface area contributed by atoms with Crippen LogP contribution >= 0.6 is 31.9 Å². The first-order chi connectivity index (χ1) is 8.69. The molecule has 1 aliphatic heterocycles. The molecule has 18 heavy (non-hydrogen) atoms. The van der Waals surface area contributed by atoms with Gasteiger partial charge in [-0.15, -0.1) is 0 Å². The van der Waals surface area contributed by atoms with Gasteiger partial charge in [0.05, 0.1) is 0 Å². The summed E-state index contributed by atoms with van der Waals surface area (Å²) >= 11 is 6.85. The Hall–Kier alpha value is 0.0300. The largest absolute Gasteiger partial charge is 0.300 e. The first-order valence-corrected chi connectivity index (χ1v) is 8.05. The smallest absolute Gasteiger partial charge is 0.127 e. The zero-order valence-corrected chi connectivity index (χ0v) is 13.4. The van der Waals surface area contributed by atoms with Crippen molar-refractivity contribution < 1.29 is 4.39 Å². The lowest BCUT2D eigenvalue weighted by Crippen LogP contribution is -2.46. The molecule has 0 aliphatic carbocycles. The van der Waals surface area contributed by atoms with Gasteiger partial charge in [0.2, 0.25) is 0 Å². The maximum atomic E-state index is 13.7. The molecule has 0 aromatic heterocycles. The van der Waals surface area contributed by atoms with Gasteiger partial charge in [0.25, 0.3) is 0 Å². The van der Waals surface area contributed by atoms with E-state index >= 15 is 0 Å². The normalized spacial score (nSPS) is 18.2. The molecule has 5 heteroatoms. The third-order valence-electron chi connectivity index (χ3n) is 3.27. The maximum absolute atomic E-state index is 13.7. The lowest BCUT2D eigenvalue weighted by atomic mass is 10.2. The summed E-state index contributed by atoms with van der Waals surface area (Å²) in [6.45, 7) is 5.97. The standard InChI is InChI=1S/C13H17Br2FN2/c14-3-4-17-5-7-18(8-6-17)10-11-9-12(15)1-2-13(11)16/h1-2,9H,3-8,10H2. The van der Waals surface area contributed by atoms with Gasteiger partial charge in [-0.3, -0.25) is 9.80 Å². The van der Waals surface area contributed by atoms with Gasteiger partial charge in [0.15, 0.2) is 0 Å². The predicted molar refractivity (Wildman–Crippen MR) is 79.6 cm³/mol. The van der Waals surface area contributed by atoms with Gasteiger partial charge in [-0.2, -0.15) is 0 Å². The molecule has 1 heterocycles. The van der Waals surface area contributed by atoms with Crippen LogP contribution in [0.5, 0.6) is 0 Å². The monoisotopic (exact) mass is 378 g/mol. The third kappa shape index (κ3) is 4.02. The maximum Gasteiger partial charge on any atom is 0.127 e. The van der Waals surface area contributed by atoms with Crippen molar-refractivity contribution in [2.45, 2.75) is 6.54 Å². The Labute approximate surface area is 124 Å². The lowest BCUT2D eigenvalue weighted by Gasteiger charge is -2.34. The van der Waals surface area contributed by atoms with E-state index in [0.717, 1.165) is 48.1 Å². The molecule has 100 valence electrons. The van der Waals surface area contributed by atoms with E-state index in [4.69, 9.17) is 0 Å². The summed E-state index contributed by atoms with van der Waals surface area (Å²) < 4.78 is 14.6. The minimum atomic E-state index is -0.110. The topological polar surface area (TPSA) is 6.48 Å². The van der Waals surface area contributed by atoms with Crippen molar-refractivity contribution in [3.8, 4) is 0 Å². The van der Waals surface area contributed by atoms with E-state index < -0.39 is 0 Å². The highest BCUT2D eigenvalue weighted by atomic mass is 79.9. The molecular weight excluding hydrogens is 363 g/mol. The Morgan fingerprint density at radius 3 is 2.44 bits per heavy atom. The van der Waals surface area contributed by atoms with Crippen molar-refractivity contribution in [1.29, 1.82) is 0 Å². The Kier molecular flexibility index (Phi) is 5.60. The molecule has 0 unspecified atom stereocenters. The van der Waals surface area contributed by atoms with Gasteiger partial charge in [-0.25, -0.2) is 4.39 Å². The second-order valence-electron chi connectivity index (χ2n) is 4.54. The number of rotatable bonds is 4. The molecule has 1 fully saturated rings. The molecule has 1 aromatic carbocycles. The molecule has 0 radical (unpaired) electrons. The summed E-state index contributed by atoms with van der Waals surface area (Å²) in [6, 6.07) is 5.15. The molecule has 0 spiro atoms. The Morgan fingerprint density at radius 2 is 1.78 bits per heavy atom. The summed E-state index contributed by atoms with van der Waals surface area (Å²) in [6.07, 6.45) is 0. The number of hydrogen-bond donors (Lipinski definition) is 0. The molecule has 0 bridgehead atoms. The lowest BCUT2D eigenvalue weighted by molar-refractivity contribution is 0.132. The van der Waals surface area contributed by atoms with E-state index in [1.165, 1.54) is 6.07 Å². The summed E-state index contributed by atoms with van der Waals surface area (Å²) in [4.78, 5) is 4.75. The Bertz CT molecular complexity index is 393. The highest BCUT2D eigenvalue weighted by molar-refractivity contribution is 9.10. The van der Waals surface area contributed by atoms with Crippen LogP contribution < -0.4 is 0 Å². The number of benzene rings is 1. The third-order valence-corrected chi connectivity index (χ3v) is 4.12. The van der Waals surface area contributed by atoms with Crippen molar-refractivity contribution in [3.05, 3.63) is 34.1 Å². The second-order valence-corrected chi connectivity index (χ2v) is 6.25. The zero-order chi connectivity index (χ0) is 13.0. The quantitative estimate of drug-likeness (QED) is 0.741. The van der Waals surface area contributed by atoms with Crippen LogP contribution in [0.2, 0.25) is 0 Å². The molecular formula is C13H17Br2FN2. The predicted octanol–water partition coefficient (Wildman–Crippen LogP) is 3.10. The van der Waals surface area contributed by atoms with Crippen LogP contribution in [0.3, 0.4) is 0 Å². The molecule has 2 nitrogen and oxygen atoms in total. The number of halogens is 3. The molecule has 0 amide bonds. The van der Waals surface area contributed by atoms with Crippen LogP contribution in [0.15, 0.2) is 22.7 Å². The van der Waals surface area contributed by atoms with Gasteiger partial charge >= 0.3 is 0 Å². The average molecular weight is 380 g/mol. The van der Waals surface area contributed by atoms with E-state index in [1.54, 1.807) is 6.07 Å². The fraction of sp³-hybridized carbons (Fsp3) is 0.538. The van der Waals surface area contributed by atoms with E-state index in [0.29, 0.717) is 6.54 Å². The van der Waals surface area contributed by atoms with Crippen LogP contribution in [0.1, 0.15) is 5.56 Å². The number of piperazine rings is 1. The van der Waals surface area contributed by atoms with E-state index in [2.05, 4.69) is 41.7 Å². The van der Waals surface area contributed by atoms with Crippen molar-refractivity contribution >= 4 is 31.9 Å². The fourth-order valence-electron chi connectivity index (χ4n) is 2.20. The molecule has 1 saturated heterocycles.